The van der Waals surface area contributed by atoms with Crippen LogP contribution in [0.25, 0.3) is 0 Å². The third-order valence-electron chi connectivity index (χ3n) is 4.06. The van der Waals surface area contributed by atoms with Crippen molar-refractivity contribution >= 4 is 17.9 Å². The van der Waals surface area contributed by atoms with Crippen molar-refractivity contribution in [3.8, 4) is 0 Å². The van der Waals surface area contributed by atoms with E-state index in [1.54, 1.807) is 24.3 Å². The Labute approximate surface area is 157 Å². The van der Waals surface area contributed by atoms with Gasteiger partial charge in [0, 0.05) is 24.6 Å². The van der Waals surface area contributed by atoms with Gasteiger partial charge in [-0.2, -0.15) is 0 Å². The zero-order chi connectivity index (χ0) is 19.6. The first-order valence-corrected chi connectivity index (χ1v) is 8.63. The number of aliphatic carboxylic acids is 1. The molecule has 0 saturated carbocycles. The summed E-state index contributed by atoms with van der Waals surface area (Å²) >= 11 is 0. The van der Waals surface area contributed by atoms with Gasteiger partial charge in [0.1, 0.15) is 0 Å². The summed E-state index contributed by atoms with van der Waals surface area (Å²) in [5.74, 6) is -1.40. The minimum Gasteiger partial charge on any atom is -0.481 e. The number of nitrogens with one attached hydrogen (secondary N) is 2. The minimum atomic E-state index is -0.898. The number of benzene rings is 2. The maximum absolute atomic E-state index is 12.2. The van der Waals surface area contributed by atoms with Crippen LogP contribution in [0.2, 0.25) is 0 Å². The third kappa shape index (κ3) is 7.19. The molecule has 2 aromatic carbocycles. The van der Waals surface area contributed by atoms with Crippen molar-refractivity contribution in [2.24, 2.45) is 5.73 Å². The van der Waals surface area contributed by atoms with Crippen LogP contribution < -0.4 is 16.4 Å². The lowest BCUT2D eigenvalue weighted by molar-refractivity contribution is -0.137. The molecular weight excluding hydrogens is 346 g/mol. The van der Waals surface area contributed by atoms with Gasteiger partial charge < -0.3 is 21.5 Å². The predicted octanol–water partition coefficient (Wildman–Crippen LogP) is 2.06. The number of nitrogens with two attached hydrogens (primary N) is 1. The van der Waals surface area contributed by atoms with Crippen molar-refractivity contribution in [3.63, 3.8) is 0 Å². The molecule has 0 saturated heterocycles. The molecule has 0 fully saturated rings. The molecule has 2 aromatic rings. The van der Waals surface area contributed by atoms with E-state index in [4.69, 9.17) is 10.8 Å². The number of hydrogen-bond donors (Lipinski definition) is 4. The van der Waals surface area contributed by atoms with Crippen molar-refractivity contribution in [2.45, 2.75) is 31.8 Å². The van der Waals surface area contributed by atoms with Gasteiger partial charge in [-0.3, -0.25) is 9.59 Å². The van der Waals surface area contributed by atoms with Gasteiger partial charge in [0.2, 0.25) is 5.91 Å². The van der Waals surface area contributed by atoms with Crippen LogP contribution in [0.3, 0.4) is 0 Å². The number of hydrogen-bond acceptors (Lipinski definition) is 3. The lowest BCUT2D eigenvalue weighted by Gasteiger charge is -2.19. The second kappa shape index (κ2) is 9.96. The van der Waals surface area contributed by atoms with Crippen LogP contribution in [0.5, 0.6) is 0 Å². The van der Waals surface area contributed by atoms with Crippen LogP contribution in [0.1, 0.15) is 34.3 Å². The van der Waals surface area contributed by atoms with Gasteiger partial charge in [0.05, 0.1) is 0 Å². The van der Waals surface area contributed by atoms with Gasteiger partial charge in [0.15, 0.2) is 0 Å². The van der Waals surface area contributed by atoms with Crippen LogP contribution >= 0.6 is 0 Å². The molecule has 0 bridgehead atoms. The molecule has 5 N–H and O–H groups in total. The summed E-state index contributed by atoms with van der Waals surface area (Å²) in [5, 5.41) is 14.5. The SMILES string of the molecule is NC(=O)c1ccc(CNC(=O)NC(CCC(=O)O)Cc2ccccc2)cc1. The normalized spacial score (nSPS) is 11.4. The average molecular weight is 369 g/mol. The molecule has 0 aromatic heterocycles. The first-order valence-electron chi connectivity index (χ1n) is 8.63. The summed E-state index contributed by atoms with van der Waals surface area (Å²) in [4.78, 5) is 34.1. The van der Waals surface area contributed by atoms with E-state index in [1.807, 2.05) is 30.3 Å². The Bertz CT molecular complexity index is 776. The Morgan fingerprint density at radius 1 is 0.963 bits per heavy atom. The van der Waals surface area contributed by atoms with E-state index in [1.165, 1.54) is 0 Å². The highest BCUT2D eigenvalue weighted by Crippen LogP contribution is 2.08. The Morgan fingerprint density at radius 2 is 1.63 bits per heavy atom. The minimum absolute atomic E-state index is 0.0215. The zero-order valence-corrected chi connectivity index (χ0v) is 14.9. The monoisotopic (exact) mass is 369 g/mol. The fourth-order valence-corrected chi connectivity index (χ4v) is 2.63. The number of urea groups is 1. The highest BCUT2D eigenvalue weighted by molar-refractivity contribution is 5.92. The van der Waals surface area contributed by atoms with Gasteiger partial charge in [-0.25, -0.2) is 4.79 Å². The number of amides is 3. The molecule has 0 aliphatic rings. The topological polar surface area (TPSA) is 122 Å². The fourth-order valence-electron chi connectivity index (χ4n) is 2.63. The summed E-state index contributed by atoms with van der Waals surface area (Å²) in [6.07, 6.45) is 0.867. The van der Waals surface area contributed by atoms with Crippen molar-refractivity contribution in [3.05, 3.63) is 71.3 Å². The molecule has 1 unspecified atom stereocenters. The van der Waals surface area contributed by atoms with Gasteiger partial charge in [0.25, 0.3) is 0 Å². The molecule has 0 heterocycles. The lowest BCUT2D eigenvalue weighted by atomic mass is 10.0. The summed E-state index contributed by atoms with van der Waals surface area (Å²) in [7, 11) is 0. The number of rotatable bonds is 9. The molecule has 7 heteroatoms. The summed E-state index contributed by atoms with van der Waals surface area (Å²) in [6, 6.07) is 15.5. The van der Waals surface area contributed by atoms with E-state index in [0.29, 0.717) is 18.4 Å². The van der Waals surface area contributed by atoms with Crippen LogP contribution in [-0.2, 0) is 17.8 Å². The number of carboxylic acids is 1. The molecule has 3 amide bonds. The molecule has 2 rings (SSSR count). The smallest absolute Gasteiger partial charge is 0.315 e. The molecule has 0 spiro atoms. The maximum Gasteiger partial charge on any atom is 0.315 e. The third-order valence-corrected chi connectivity index (χ3v) is 4.06. The second-order valence-corrected chi connectivity index (χ2v) is 6.21. The largest absolute Gasteiger partial charge is 0.481 e. The molecular formula is C20H23N3O4. The van der Waals surface area contributed by atoms with Crippen molar-refractivity contribution < 1.29 is 19.5 Å². The highest BCUT2D eigenvalue weighted by Gasteiger charge is 2.14. The zero-order valence-electron chi connectivity index (χ0n) is 14.9. The molecule has 142 valence electrons. The van der Waals surface area contributed by atoms with E-state index >= 15 is 0 Å². The number of carbonyl (C=O) groups is 3. The van der Waals surface area contributed by atoms with Crippen LogP contribution in [-0.4, -0.2) is 29.1 Å². The number of primary amides is 1. The van der Waals surface area contributed by atoms with Crippen molar-refractivity contribution in [1.82, 2.24) is 10.6 Å². The number of carboxylic acid groups (broad SMARTS) is 1. The molecule has 7 nitrogen and oxygen atoms in total. The first-order chi connectivity index (χ1) is 12.9. The van der Waals surface area contributed by atoms with E-state index in [2.05, 4.69) is 10.6 Å². The Balaban J connectivity index is 1.89. The van der Waals surface area contributed by atoms with E-state index in [-0.39, 0.29) is 25.0 Å². The van der Waals surface area contributed by atoms with Gasteiger partial charge in [-0.1, -0.05) is 42.5 Å². The molecule has 0 aliphatic heterocycles. The van der Waals surface area contributed by atoms with Crippen molar-refractivity contribution in [1.29, 1.82) is 0 Å². The van der Waals surface area contributed by atoms with Crippen molar-refractivity contribution in [2.75, 3.05) is 0 Å². The lowest BCUT2D eigenvalue weighted by Crippen LogP contribution is -2.43. The predicted molar refractivity (Wildman–Crippen MR) is 101 cm³/mol. The molecule has 1 atom stereocenters. The summed E-state index contributed by atoms with van der Waals surface area (Å²) in [6.45, 7) is 0.280. The van der Waals surface area contributed by atoms with E-state index in [9.17, 15) is 14.4 Å². The first kappa shape index (κ1) is 20.0. The van der Waals surface area contributed by atoms with Gasteiger partial charge in [-0.15, -0.1) is 0 Å². The van der Waals surface area contributed by atoms with Gasteiger partial charge >= 0.3 is 12.0 Å². The average Bonchev–Trinajstić information content (AvgIpc) is 2.65. The number of carbonyl (C=O) groups excluding carboxylic acids is 2. The Hall–Kier alpha value is -3.35. The summed E-state index contributed by atoms with van der Waals surface area (Å²) < 4.78 is 0. The maximum atomic E-state index is 12.2. The molecule has 27 heavy (non-hydrogen) atoms. The summed E-state index contributed by atoms with van der Waals surface area (Å²) in [5.41, 5.74) is 7.44. The van der Waals surface area contributed by atoms with E-state index in [0.717, 1.165) is 11.1 Å². The fraction of sp³-hybridized carbons (Fsp3) is 0.250. The quantitative estimate of drug-likeness (QED) is 0.540. The van der Waals surface area contributed by atoms with E-state index < -0.39 is 11.9 Å². The standard InChI is InChI=1S/C20H23N3O4/c21-19(26)16-8-6-15(7-9-16)13-22-20(27)23-17(10-11-18(24)25)12-14-4-2-1-3-5-14/h1-9,17H,10-13H2,(H2,21,26)(H,24,25)(H2,22,23,27). The molecule has 0 radical (unpaired) electrons. The van der Waals surface area contributed by atoms with Crippen LogP contribution in [0, 0.1) is 0 Å². The molecule has 0 aliphatic carbocycles. The Morgan fingerprint density at radius 3 is 2.22 bits per heavy atom. The Kier molecular flexibility index (Phi) is 7.37. The highest BCUT2D eigenvalue weighted by atomic mass is 16.4. The van der Waals surface area contributed by atoms with Gasteiger partial charge in [-0.05, 0) is 36.1 Å². The van der Waals surface area contributed by atoms with Crippen LogP contribution in [0.4, 0.5) is 4.79 Å². The second-order valence-electron chi connectivity index (χ2n) is 6.21. The van der Waals surface area contributed by atoms with Crippen LogP contribution in [0.15, 0.2) is 54.6 Å².